The first-order chi connectivity index (χ1) is 14.8. The highest BCUT2D eigenvalue weighted by atomic mass is 32.2. The molecular formula is C23H17F2NO4S. The Morgan fingerprint density at radius 3 is 2.35 bits per heavy atom. The van der Waals surface area contributed by atoms with Gasteiger partial charge in [-0.25, -0.2) is 17.2 Å². The van der Waals surface area contributed by atoms with Gasteiger partial charge in [-0.2, -0.15) is 0 Å². The number of ether oxygens (including phenoxy) is 1. The van der Waals surface area contributed by atoms with Crippen molar-refractivity contribution in [2.24, 2.45) is 0 Å². The Kier molecular flexibility index (Phi) is 5.32. The van der Waals surface area contributed by atoms with E-state index in [0.717, 1.165) is 35.9 Å². The van der Waals surface area contributed by atoms with Gasteiger partial charge in [0.1, 0.15) is 22.3 Å². The number of nitrogens with zero attached hydrogens (tertiary/aromatic N) is 1. The van der Waals surface area contributed by atoms with Gasteiger partial charge in [-0.05, 0) is 60.2 Å². The summed E-state index contributed by atoms with van der Waals surface area (Å²) in [5, 5.41) is -0.0638. The lowest BCUT2D eigenvalue weighted by Crippen LogP contribution is -2.20. The molecule has 0 saturated heterocycles. The maximum atomic E-state index is 13.9. The van der Waals surface area contributed by atoms with Crippen molar-refractivity contribution in [3.05, 3.63) is 100 Å². The minimum Gasteiger partial charge on any atom is -0.497 e. The standard InChI is InChI=1S/C23H17F2NO4S/c1-30-18-4-2-3-15(11-18)13-26-14-22(23(27)20-12-17(25)7-10-21(20)26)31(28,29)19-8-5-16(24)6-9-19/h2-12,14H,13H2,1H3. The SMILES string of the molecule is COc1cccc(Cn2cc(S(=O)(=O)c3ccc(F)cc3)c(=O)c3cc(F)ccc32)c1. The molecule has 8 heteroatoms. The molecule has 0 saturated carbocycles. The van der Waals surface area contributed by atoms with E-state index in [4.69, 9.17) is 4.74 Å². The number of rotatable bonds is 5. The van der Waals surface area contributed by atoms with Crippen LogP contribution >= 0.6 is 0 Å². The summed E-state index contributed by atoms with van der Waals surface area (Å²) in [6.07, 6.45) is 1.24. The molecule has 0 aliphatic carbocycles. The molecule has 0 aliphatic rings. The first kappa shape index (κ1) is 20.7. The topological polar surface area (TPSA) is 65.4 Å². The van der Waals surface area contributed by atoms with Crippen LogP contribution in [0.15, 0.2) is 87.5 Å². The Bertz CT molecular complexity index is 1450. The van der Waals surface area contributed by atoms with Gasteiger partial charge < -0.3 is 9.30 Å². The molecule has 4 rings (SSSR count). The molecule has 0 aliphatic heterocycles. The molecular weight excluding hydrogens is 424 g/mol. The summed E-state index contributed by atoms with van der Waals surface area (Å²) in [6.45, 7) is 0.214. The monoisotopic (exact) mass is 441 g/mol. The number of aromatic nitrogens is 1. The van der Waals surface area contributed by atoms with Gasteiger partial charge in [0, 0.05) is 18.1 Å². The van der Waals surface area contributed by atoms with E-state index in [1.165, 1.54) is 25.4 Å². The molecule has 0 fully saturated rings. The summed E-state index contributed by atoms with van der Waals surface area (Å²) in [5.74, 6) is -0.642. The molecule has 1 aromatic heterocycles. The highest BCUT2D eigenvalue weighted by Crippen LogP contribution is 2.23. The number of halogens is 2. The zero-order chi connectivity index (χ0) is 22.2. The van der Waals surface area contributed by atoms with Crippen LogP contribution in [0.1, 0.15) is 5.56 Å². The second-order valence-corrected chi connectivity index (χ2v) is 8.84. The highest BCUT2D eigenvalue weighted by Gasteiger charge is 2.24. The summed E-state index contributed by atoms with van der Waals surface area (Å²) in [4.78, 5) is 12.3. The molecule has 158 valence electrons. The van der Waals surface area contributed by atoms with Crippen molar-refractivity contribution in [2.75, 3.05) is 7.11 Å². The number of pyridine rings is 1. The largest absolute Gasteiger partial charge is 0.497 e. The molecule has 1 heterocycles. The lowest BCUT2D eigenvalue weighted by atomic mass is 10.1. The molecule has 0 unspecified atom stereocenters. The molecule has 0 N–H and O–H groups in total. The van der Waals surface area contributed by atoms with Gasteiger partial charge in [0.2, 0.25) is 15.3 Å². The minimum absolute atomic E-state index is 0.0638. The van der Waals surface area contributed by atoms with Crippen molar-refractivity contribution >= 4 is 20.7 Å². The molecule has 0 radical (unpaired) electrons. The van der Waals surface area contributed by atoms with E-state index in [9.17, 15) is 22.0 Å². The second kappa shape index (κ2) is 7.96. The van der Waals surface area contributed by atoms with Gasteiger partial charge in [-0.1, -0.05) is 12.1 Å². The maximum absolute atomic E-state index is 13.9. The predicted molar refractivity (Wildman–Crippen MR) is 112 cm³/mol. The van der Waals surface area contributed by atoms with E-state index in [2.05, 4.69) is 0 Å². The van der Waals surface area contributed by atoms with E-state index in [-0.39, 0.29) is 16.8 Å². The van der Waals surface area contributed by atoms with E-state index in [1.54, 1.807) is 22.8 Å². The first-order valence-corrected chi connectivity index (χ1v) is 10.7. The lowest BCUT2D eigenvalue weighted by molar-refractivity contribution is 0.414. The Morgan fingerprint density at radius 2 is 1.65 bits per heavy atom. The Hall–Kier alpha value is -3.52. The van der Waals surface area contributed by atoms with Crippen molar-refractivity contribution in [1.82, 2.24) is 4.57 Å². The summed E-state index contributed by atoms with van der Waals surface area (Å²) < 4.78 is 60.3. The predicted octanol–water partition coefficient (Wildman–Crippen LogP) is 4.17. The van der Waals surface area contributed by atoms with Crippen LogP contribution in [0.5, 0.6) is 5.75 Å². The molecule has 31 heavy (non-hydrogen) atoms. The molecule has 3 aromatic carbocycles. The Labute approximate surface area is 177 Å². The van der Waals surface area contributed by atoms with E-state index < -0.39 is 31.8 Å². The normalized spacial score (nSPS) is 11.6. The van der Waals surface area contributed by atoms with Crippen molar-refractivity contribution < 1.29 is 21.9 Å². The van der Waals surface area contributed by atoms with Crippen molar-refractivity contribution in [2.45, 2.75) is 16.3 Å². The van der Waals surface area contributed by atoms with Gasteiger partial charge in [0.15, 0.2) is 0 Å². The third-order valence-corrected chi connectivity index (χ3v) is 6.67. The van der Waals surface area contributed by atoms with Gasteiger partial charge in [0.05, 0.1) is 17.5 Å². The summed E-state index contributed by atoms with van der Waals surface area (Å²) in [7, 11) is -2.73. The lowest BCUT2D eigenvalue weighted by Gasteiger charge is -2.15. The third kappa shape index (κ3) is 3.94. The van der Waals surface area contributed by atoms with Crippen LogP contribution in [-0.2, 0) is 16.4 Å². The van der Waals surface area contributed by atoms with Crippen LogP contribution < -0.4 is 10.2 Å². The number of methoxy groups -OCH3 is 1. The van der Waals surface area contributed by atoms with Crippen LogP contribution in [0.4, 0.5) is 8.78 Å². The first-order valence-electron chi connectivity index (χ1n) is 9.26. The molecule has 4 aromatic rings. The smallest absolute Gasteiger partial charge is 0.211 e. The average Bonchev–Trinajstić information content (AvgIpc) is 2.76. The number of fused-ring (bicyclic) bond motifs is 1. The van der Waals surface area contributed by atoms with Crippen molar-refractivity contribution in [1.29, 1.82) is 0 Å². The van der Waals surface area contributed by atoms with Gasteiger partial charge in [-0.3, -0.25) is 4.79 Å². The summed E-state index contributed by atoms with van der Waals surface area (Å²) >= 11 is 0. The van der Waals surface area contributed by atoms with Crippen LogP contribution in [0.2, 0.25) is 0 Å². The Morgan fingerprint density at radius 1 is 0.935 bits per heavy atom. The summed E-state index contributed by atoms with van der Waals surface area (Å²) in [6, 6.07) is 15.0. The minimum atomic E-state index is -4.27. The zero-order valence-electron chi connectivity index (χ0n) is 16.4. The zero-order valence-corrected chi connectivity index (χ0v) is 17.2. The van der Waals surface area contributed by atoms with Crippen LogP contribution in [-0.4, -0.2) is 20.1 Å². The van der Waals surface area contributed by atoms with Crippen LogP contribution in [0.25, 0.3) is 10.9 Å². The van der Waals surface area contributed by atoms with Gasteiger partial charge >= 0.3 is 0 Å². The Balaban J connectivity index is 1.95. The molecule has 5 nitrogen and oxygen atoms in total. The third-order valence-electron chi connectivity index (χ3n) is 4.91. The maximum Gasteiger partial charge on any atom is 0.211 e. The molecule has 0 bridgehead atoms. The number of benzene rings is 3. The molecule has 0 atom stereocenters. The molecule has 0 spiro atoms. The fraction of sp³-hybridized carbons (Fsp3) is 0.0870. The number of hydrogen-bond acceptors (Lipinski definition) is 4. The molecule has 0 amide bonds. The van der Waals surface area contributed by atoms with Crippen molar-refractivity contribution in [3.8, 4) is 5.75 Å². The van der Waals surface area contributed by atoms with E-state index in [0.29, 0.717) is 11.3 Å². The van der Waals surface area contributed by atoms with Crippen LogP contribution in [0.3, 0.4) is 0 Å². The van der Waals surface area contributed by atoms with E-state index in [1.807, 2.05) is 6.07 Å². The summed E-state index contributed by atoms with van der Waals surface area (Å²) in [5.41, 5.74) is 0.353. The quantitative estimate of drug-likeness (QED) is 0.436. The van der Waals surface area contributed by atoms with Crippen molar-refractivity contribution in [3.63, 3.8) is 0 Å². The van der Waals surface area contributed by atoms with Gasteiger partial charge in [0.25, 0.3) is 0 Å². The van der Waals surface area contributed by atoms with Gasteiger partial charge in [-0.15, -0.1) is 0 Å². The fourth-order valence-electron chi connectivity index (χ4n) is 3.37. The average molecular weight is 441 g/mol. The second-order valence-electron chi connectivity index (χ2n) is 6.92. The van der Waals surface area contributed by atoms with E-state index >= 15 is 0 Å². The number of sulfone groups is 1. The highest BCUT2D eigenvalue weighted by molar-refractivity contribution is 7.91. The number of hydrogen-bond donors (Lipinski definition) is 0. The van der Waals surface area contributed by atoms with Crippen LogP contribution in [0, 0.1) is 11.6 Å². The fourth-order valence-corrected chi connectivity index (χ4v) is 4.74.